The van der Waals surface area contributed by atoms with Crippen LogP contribution in [0.25, 0.3) is 21.7 Å². The van der Waals surface area contributed by atoms with Gasteiger partial charge in [-0.15, -0.1) is 0 Å². The number of carbonyl (C=O) groups excluding carboxylic acids is 1. The van der Waals surface area contributed by atoms with Gasteiger partial charge in [-0.25, -0.2) is 9.37 Å². The molecule has 0 aliphatic carbocycles. The van der Waals surface area contributed by atoms with Gasteiger partial charge in [-0.3, -0.25) is 18.7 Å². The van der Waals surface area contributed by atoms with E-state index in [1.165, 1.54) is 16.7 Å². The van der Waals surface area contributed by atoms with Crippen molar-refractivity contribution in [3.8, 4) is 17.1 Å². The molecule has 5 rings (SSSR count). The van der Waals surface area contributed by atoms with Crippen LogP contribution < -0.4 is 10.3 Å². The minimum Gasteiger partial charge on any atom is -0.492 e. The van der Waals surface area contributed by atoms with Crippen molar-refractivity contribution in [3.63, 3.8) is 0 Å². The van der Waals surface area contributed by atoms with E-state index in [1.807, 2.05) is 37.3 Å². The number of fused-ring (bicyclic) bond motifs is 1. The van der Waals surface area contributed by atoms with Crippen LogP contribution in [0.2, 0.25) is 0 Å². The van der Waals surface area contributed by atoms with Gasteiger partial charge in [0.05, 0.1) is 23.7 Å². The molecule has 0 spiro atoms. The number of benzene rings is 3. The zero-order chi connectivity index (χ0) is 25.9. The molecule has 0 amide bonds. The van der Waals surface area contributed by atoms with Gasteiger partial charge in [-0.05, 0) is 43.4 Å². The molecule has 0 N–H and O–H groups in total. The van der Waals surface area contributed by atoms with Crippen molar-refractivity contribution in [1.82, 2.24) is 14.1 Å². The van der Waals surface area contributed by atoms with E-state index in [2.05, 4.69) is 0 Å². The number of rotatable bonds is 8. The summed E-state index contributed by atoms with van der Waals surface area (Å²) in [4.78, 5) is 31.4. The van der Waals surface area contributed by atoms with E-state index in [0.717, 1.165) is 23.1 Å². The second kappa shape index (κ2) is 10.8. The Balaban J connectivity index is 1.71. The molecule has 0 saturated carbocycles. The van der Waals surface area contributed by atoms with Gasteiger partial charge in [0.15, 0.2) is 20.5 Å². The Labute approximate surface area is 225 Å². The van der Waals surface area contributed by atoms with Gasteiger partial charge in [0, 0.05) is 5.56 Å². The number of carbonyl (C=O) groups is 1. The van der Waals surface area contributed by atoms with E-state index in [0.29, 0.717) is 33.2 Å². The first-order valence-corrected chi connectivity index (χ1v) is 13.6. The molecule has 186 valence electrons. The Morgan fingerprint density at radius 2 is 1.68 bits per heavy atom. The van der Waals surface area contributed by atoms with Crippen LogP contribution in [-0.4, -0.2) is 32.3 Å². The maximum absolute atomic E-state index is 14.9. The predicted molar refractivity (Wildman–Crippen MR) is 148 cm³/mol. The molecule has 37 heavy (non-hydrogen) atoms. The lowest BCUT2D eigenvalue weighted by Crippen LogP contribution is -2.23. The summed E-state index contributed by atoms with van der Waals surface area (Å²) in [5.74, 6) is -0.110. The van der Waals surface area contributed by atoms with Crippen LogP contribution in [0.5, 0.6) is 5.75 Å². The summed E-state index contributed by atoms with van der Waals surface area (Å²) < 4.78 is 24.3. The Morgan fingerprint density at radius 1 is 1.00 bits per heavy atom. The van der Waals surface area contributed by atoms with E-state index in [9.17, 15) is 14.0 Å². The van der Waals surface area contributed by atoms with Crippen LogP contribution in [0.15, 0.2) is 88.8 Å². The maximum Gasteiger partial charge on any atom is 0.278 e. The van der Waals surface area contributed by atoms with Crippen LogP contribution in [0, 0.1) is 9.77 Å². The molecule has 0 radical (unpaired) electrons. The number of ether oxygens (including phenoxy) is 1. The third kappa shape index (κ3) is 4.87. The smallest absolute Gasteiger partial charge is 0.278 e. The lowest BCUT2D eigenvalue weighted by atomic mass is 10.2. The molecule has 0 fully saturated rings. The predicted octanol–water partition coefficient (Wildman–Crippen LogP) is 6.48. The van der Waals surface area contributed by atoms with Crippen LogP contribution >= 0.6 is 35.3 Å². The summed E-state index contributed by atoms with van der Waals surface area (Å²) in [7, 11) is 0. The van der Waals surface area contributed by atoms with Gasteiger partial charge < -0.3 is 4.74 Å². The first-order chi connectivity index (χ1) is 18.0. The standard InChI is InChI=1S/C27H20FN3O3S3/c1-2-34-22-15-9-8-14-20(22)30-24-23(37-27(30)35)25(33)31(19-13-7-6-12-18(19)28)26(29-24)36-16-21(32)17-10-4-3-5-11-17/h3-15H,2,16H2,1H3. The van der Waals surface area contributed by atoms with Gasteiger partial charge in [0.2, 0.25) is 0 Å². The van der Waals surface area contributed by atoms with Gasteiger partial charge in [0.25, 0.3) is 5.56 Å². The Bertz CT molecular complexity index is 1730. The quantitative estimate of drug-likeness (QED) is 0.0955. The fraction of sp³-hybridized carbons (Fsp3) is 0.111. The van der Waals surface area contributed by atoms with E-state index in [-0.39, 0.29) is 27.1 Å². The highest BCUT2D eigenvalue weighted by atomic mass is 32.2. The summed E-state index contributed by atoms with van der Waals surface area (Å²) in [6.45, 7) is 2.33. The fourth-order valence-corrected chi connectivity index (χ4v) is 6.03. The fourth-order valence-electron chi connectivity index (χ4n) is 3.85. The van der Waals surface area contributed by atoms with Crippen LogP contribution in [-0.2, 0) is 0 Å². The number of hydrogen-bond donors (Lipinski definition) is 0. The summed E-state index contributed by atoms with van der Waals surface area (Å²) in [6, 6.07) is 22.2. The minimum atomic E-state index is -0.577. The molecule has 0 saturated heterocycles. The zero-order valence-electron chi connectivity index (χ0n) is 19.6. The van der Waals surface area contributed by atoms with Crippen molar-refractivity contribution in [2.75, 3.05) is 12.4 Å². The van der Waals surface area contributed by atoms with Crippen molar-refractivity contribution in [1.29, 1.82) is 0 Å². The molecule has 0 bridgehead atoms. The first-order valence-electron chi connectivity index (χ1n) is 11.4. The largest absolute Gasteiger partial charge is 0.492 e. The summed E-state index contributed by atoms with van der Waals surface area (Å²) in [5, 5.41) is 0.183. The highest BCUT2D eigenvalue weighted by Crippen LogP contribution is 2.31. The number of halogens is 1. The lowest BCUT2D eigenvalue weighted by molar-refractivity contribution is 0.102. The summed E-state index contributed by atoms with van der Waals surface area (Å²) in [6.07, 6.45) is 0. The average molecular weight is 550 g/mol. The Kier molecular flexibility index (Phi) is 7.31. The molecule has 0 aliphatic rings. The van der Waals surface area contributed by atoms with E-state index >= 15 is 0 Å². The van der Waals surface area contributed by atoms with Crippen molar-refractivity contribution in [2.24, 2.45) is 0 Å². The number of hydrogen-bond acceptors (Lipinski definition) is 7. The highest BCUT2D eigenvalue weighted by Gasteiger charge is 2.22. The van der Waals surface area contributed by atoms with E-state index < -0.39 is 11.4 Å². The maximum atomic E-state index is 14.9. The van der Waals surface area contributed by atoms with Crippen molar-refractivity contribution in [3.05, 3.63) is 105 Å². The average Bonchev–Trinajstić information content (AvgIpc) is 3.25. The van der Waals surface area contributed by atoms with E-state index in [1.54, 1.807) is 41.0 Å². The van der Waals surface area contributed by atoms with E-state index in [4.69, 9.17) is 21.9 Å². The molecular weight excluding hydrogens is 530 g/mol. The normalized spacial score (nSPS) is 11.1. The van der Waals surface area contributed by atoms with Gasteiger partial charge in [-0.1, -0.05) is 77.7 Å². The molecule has 2 aromatic heterocycles. The zero-order valence-corrected chi connectivity index (χ0v) is 22.0. The number of aromatic nitrogens is 3. The Morgan fingerprint density at radius 3 is 2.41 bits per heavy atom. The van der Waals surface area contributed by atoms with Gasteiger partial charge in [-0.2, -0.15) is 0 Å². The molecule has 0 unspecified atom stereocenters. The number of thioether (sulfide) groups is 1. The first kappa shape index (κ1) is 25.1. The van der Waals surface area contributed by atoms with Crippen LogP contribution in [0.3, 0.4) is 0 Å². The molecule has 5 aromatic rings. The molecule has 3 aromatic carbocycles. The number of ketones is 1. The Hall–Kier alpha value is -3.60. The van der Waals surface area contributed by atoms with Crippen molar-refractivity contribution >= 4 is 51.4 Å². The molecule has 10 heteroatoms. The SMILES string of the molecule is CCOc1ccccc1-n1c(=S)sc2c(=O)n(-c3ccccc3F)c(SCC(=O)c3ccccc3)nc21. The third-order valence-electron chi connectivity index (χ3n) is 5.50. The molecular formula is C27H20FN3O3S3. The number of nitrogens with zero attached hydrogens (tertiary/aromatic N) is 3. The van der Waals surface area contributed by atoms with Crippen LogP contribution in [0.4, 0.5) is 4.39 Å². The van der Waals surface area contributed by atoms with Gasteiger partial charge >= 0.3 is 0 Å². The molecule has 2 heterocycles. The third-order valence-corrected chi connectivity index (χ3v) is 7.79. The lowest BCUT2D eigenvalue weighted by Gasteiger charge is -2.14. The topological polar surface area (TPSA) is 66.1 Å². The monoisotopic (exact) mass is 549 g/mol. The second-order valence-electron chi connectivity index (χ2n) is 7.82. The van der Waals surface area contributed by atoms with Gasteiger partial charge in [0.1, 0.15) is 16.3 Å². The summed E-state index contributed by atoms with van der Waals surface area (Å²) >= 11 is 7.81. The number of Topliss-reactive ketones (excluding diaryl/α,β-unsaturated/α-hetero) is 1. The molecule has 6 nitrogen and oxygen atoms in total. The molecule has 0 atom stereocenters. The number of thiazole rings is 1. The van der Waals surface area contributed by atoms with Crippen molar-refractivity contribution in [2.45, 2.75) is 12.1 Å². The molecule has 0 aliphatic heterocycles. The van der Waals surface area contributed by atoms with Crippen molar-refractivity contribution < 1.29 is 13.9 Å². The van der Waals surface area contributed by atoms with Crippen LogP contribution in [0.1, 0.15) is 17.3 Å². The summed E-state index contributed by atoms with van der Waals surface area (Å²) in [5.41, 5.74) is 1.10. The minimum absolute atomic E-state index is 0.0107. The second-order valence-corrected chi connectivity index (χ2v) is 10.4. The number of para-hydroxylation sites is 3. The highest BCUT2D eigenvalue weighted by molar-refractivity contribution is 7.99.